The van der Waals surface area contributed by atoms with E-state index in [1.54, 1.807) is 0 Å². The van der Waals surface area contributed by atoms with Crippen LogP contribution in [-0.2, 0) is 40.5 Å². The monoisotopic (exact) mass is 230 g/mol. The predicted molar refractivity (Wildman–Crippen MR) is 14.3 cm³/mol. The second kappa shape index (κ2) is 83.4. The number of rotatable bonds is 0. The maximum absolute atomic E-state index is 0. The molecule has 8 heteroatoms. The molecule has 0 aromatic heterocycles. The molecule has 0 saturated heterocycles. The van der Waals surface area contributed by atoms with E-state index >= 15 is 0 Å². The molecule has 0 aliphatic heterocycles. The molecule has 0 N–H and O–H groups in total. The van der Waals surface area contributed by atoms with Crippen LogP contribution in [-0.4, -0.2) is 75.5 Å². The van der Waals surface area contributed by atoms with Crippen molar-refractivity contribution in [3.63, 3.8) is 0 Å². The van der Waals surface area contributed by atoms with Gasteiger partial charge in [0.05, 0.1) is 0 Å². The zero-order chi connectivity index (χ0) is 0. The van der Waals surface area contributed by atoms with Crippen LogP contribution in [0.2, 0.25) is 0 Å². The summed E-state index contributed by atoms with van der Waals surface area (Å²) < 4.78 is 0. The van der Waals surface area contributed by atoms with Crippen molar-refractivity contribution < 1.29 is 52.9 Å². The Labute approximate surface area is 126 Å². The van der Waals surface area contributed by atoms with Crippen LogP contribution in [0.5, 0.6) is 0 Å². The fraction of sp³-hybridized carbons (Fsp3) is 0. The summed E-state index contributed by atoms with van der Waals surface area (Å²) in [6.45, 7) is 0. The smallest absolute Gasteiger partial charge is 2.00 e. The molecule has 0 heterocycles. The molecule has 0 amide bonds. The van der Waals surface area contributed by atoms with Crippen molar-refractivity contribution in [2.45, 2.75) is 0 Å². The summed E-state index contributed by atoms with van der Waals surface area (Å²) in [6.07, 6.45) is 0. The van der Waals surface area contributed by atoms with Crippen molar-refractivity contribution in [3.8, 4) is 0 Å². The number of hydrogen-bond acceptors (Lipinski definition) is 0. The maximum Gasteiger partial charge on any atom is 2.00 e. The van der Waals surface area contributed by atoms with Gasteiger partial charge in [-0.05, 0) is 0 Å². The quantitative estimate of drug-likeness (QED) is 0.375. The van der Waals surface area contributed by atoms with Gasteiger partial charge in [-0.25, -0.2) is 0 Å². The van der Waals surface area contributed by atoms with Gasteiger partial charge in [-0.3, -0.25) is 0 Å². The van der Waals surface area contributed by atoms with E-state index in [0.717, 1.165) is 0 Å². The Kier molecular flexibility index (Phi) is 1170. The second-order valence-corrected chi connectivity index (χ2v) is 0. The molecule has 0 unspecified atom stereocenters. The van der Waals surface area contributed by atoms with E-state index < -0.39 is 0 Å². The average Bonchev–Trinajstić information content (AvgIpc) is 0. The van der Waals surface area contributed by atoms with Crippen molar-refractivity contribution in [2.24, 2.45) is 0 Å². The molecule has 1 radical (unpaired) electrons. The summed E-state index contributed by atoms with van der Waals surface area (Å²) in [5.41, 5.74) is 0. The molecule has 0 bridgehead atoms. The zero-order valence-electron chi connectivity index (χ0n) is 3.87. The molecule has 0 fully saturated rings. The molecular weight excluding hydrogens is 231 g/mol. The molecule has 8 heavy (non-hydrogen) atoms. The van der Waals surface area contributed by atoms with Crippen LogP contribution in [0.3, 0.4) is 0 Å². The summed E-state index contributed by atoms with van der Waals surface area (Å²) in [6, 6.07) is 0. The van der Waals surface area contributed by atoms with Gasteiger partial charge in [0, 0.05) is 18.6 Å². The van der Waals surface area contributed by atoms with Crippen molar-refractivity contribution in [1.29, 1.82) is 0 Å². The first-order valence-corrected chi connectivity index (χ1v) is 0. The van der Waals surface area contributed by atoms with Crippen LogP contribution in [0, 0.1) is 0 Å². The van der Waals surface area contributed by atoms with Crippen molar-refractivity contribution in [2.75, 3.05) is 0 Å². The minimum absolute atomic E-state index is 0. The Morgan fingerprint density at radius 1 is 0.500 bits per heavy atom. The van der Waals surface area contributed by atoms with E-state index in [1.807, 2.05) is 0 Å². The molecule has 0 saturated carbocycles. The van der Waals surface area contributed by atoms with Gasteiger partial charge in [0.1, 0.15) is 0 Å². The summed E-state index contributed by atoms with van der Waals surface area (Å²) in [5.74, 6) is 0. The van der Waals surface area contributed by atoms with Crippen LogP contribution in [0.25, 0.3) is 0 Å². The Balaban J connectivity index is 0. The minimum atomic E-state index is 0. The second-order valence-electron chi connectivity index (χ2n) is 0. The molecule has 0 aliphatic rings. The van der Waals surface area contributed by atoms with E-state index in [4.69, 9.17) is 0 Å². The van der Waals surface area contributed by atoms with Crippen molar-refractivity contribution in [3.05, 3.63) is 0 Å². The molecule has 4 nitrogen and oxygen atoms in total. The molecule has 45 valence electrons. The molecule has 0 aromatic rings. The van der Waals surface area contributed by atoms with E-state index in [2.05, 4.69) is 0 Å². The summed E-state index contributed by atoms with van der Waals surface area (Å²) in [7, 11) is 0. The SMILES string of the molecule is [Ca+2].[Ca+2].[Cl-].[O-2].[O-2].[O-2].[O-2].[V]. The Morgan fingerprint density at radius 2 is 0.500 bits per heavy atom. The van der Waals surface area contributed by atoms with Gasteiger partial charge in [-0.15, -0.1) is 0 Å². The summed E-state index contributed by atoms with van der Waals surface area (Å²) in [4.78, 5) is 0. The van der Waals surface area contributed by atoms with Gasteiger partial charge in [-0.2, -0.15) is 0 Å². The van der Waals surface area contributed by atoms with Gasteiger partial charge in [-0.1, -0.05) is 0 Å². The minimum Gasteiger partial charge on any atom is -2.00 e. The topological polar surface area (TPSA) is 114 Å². The average molecular weight is 231 g/mol. The standard InChI is InChI=1S/2Ca.ClH.4O.V/h;;1H;;;;;/q2*+2;;4*-2;/p-1. The van der Waals surface area contributed by atoms with Crippen LogP contribution in [0.4, 0.5) is 0 Å². The van der Waals surface area contributed by atoms with Crippen molar-refractivity contribution in [1.82, 2.24) is 0 Å². The third-order valence-corrected chi connectivity index (χ3v) is 0. The third-order valence-electron chi connectivity index (χ3n) is 0. The van der Waals surface area contributed by atoms with Gasteiger partial charge >= 0.3 is 75.5 Å². The zero-order valence-corrected chi connectivity index (χ0v) is 10.4. The van der Waals surface area contributed by atoms with Gasteiger partial charge < -0.3 is 34.3 Å². The van der Waals surface area contributed by atoms with Gasteiger partial charge in [0.15, 0.2) is 0 Å². The van der Waals surface area contributed by atoms with Crippen LogP contribution >= 0.6 is 0 Å². The fourth-order valence-corrected chi connectivity index (χ4v) is 0. The molecule has 0 atom stereocenters. The Morgan fingerprint density at radius 3 is 0.500 bits per heavy atom. The molecular formula is Ca2ClO4V-5. The first-order valence-electron chi connectivity index (χ1n) is 0. The fourth-order valence-electron chi connectivity index (χ4n) is 0. The maximum atomic E-state index is 0. The van der Waals surface area contributed by atoms with Crippen LogP contribution in [0.15, 0.2) is 0 Å². The van der Waals surface area contributed by atoms with E-state index in [1.165, 1.54) is 0 Å². The van der Waals surface area contributed by atoms with Gasteiger partial charge in [0.2, 0.25) is 0 Å². The van der Waals surface area contributed by atoms with E-state index in [-0.39, 0.29) is 128 Å². The Hall–Kier alpha value is 3.23. The van der Waals surface area contributed by atoms with Crippen LogP contribution in [0.1, 0.15) is 0 Å². The number of hydrogen-bond donors (Lipinski definition) is 0. The molecule has 0 rings (SSSR count). The van der Waals surface area contributed by atoms with Crippen LogP contribution < -0.4 is 12.4 Å². The van der Waals surface area contributed by atoms with E-state index in [0.29, 0.717) is 0 Å². The first kappa shape index (κ1) is 113. The Bertz CT molecular complexity index is 14.0. The third kappa shape index (κ3) is 59.9. The van der Waals surface area contributed by atoms with Crippen molar-refractivity contribution >= 4 is 75.5 Å². The molecule has 0 aliphatic carbocycles. The van der Waals surface area contributed by atoms with Gasteiger partial charge in [0.25, 0.3) is 0 Å². The predicted octanol–water partition coefficient (Wildman–Crippen LogP) is -4.24. The number of halogens is 1. The largest absolute Gasteiger partial charge is 2.00 e. The molecule has 0 aromatic carbocycles. The normalized spacial score (nSPS) is 0. The summed E-state index contributed by atoms with van der Waals surface area (Å²) in [5, 5.41) is 0. The summed E-state index contributed by atoms with van der Waals surface area (Å²) >= 11 is 0. The first-order chi connectivity index (χ1) is 0. The van der Waals surface area contributed by atoms with E-state index in [9.17, 15) is 0 Å². The molecule has 0 spiro atoms.